The van der Waals surface area contributed by atoms with Crippen LogP contribution in [0.1, 0.15) is 40.7 Å². The highest BCUT2D eigenvalue weighted by molar-refractivity contribution is 6.36. The van der Waals surface area contributed by atoms with E-state index >= 15 is 4.79 Å². The number of carbonyl (C=O) groups excluding carboxylic acids is 2. The number of benzene rings is 2. The van der Waals surface area contributed by atoms with Crippen LogP contribution in [0.2, 0.25) is 5.02 Å². The average molecular weight is 668 g/mol. The summed E-state index contributed by atoms with van der Waals surface area (Å²) >= 11 is 6.61. The fourth-order valence-corrected chi connectivity index (χ4v) is 6.91. The highest BCUT2D eigenvalue weighted by Gasteiger charge is 2.63. The maximum Gasteiger partial charge on any atom is 0.341 e. The number of rotatable bonds is 7. The fourth-order valence-electron chi connectivity index (χ4n) is 6.64. The first kappa shape index (κ1) is 31.7. The summed E-state index contributed by atoms with van der Waals surface area (Å²) < 4.78 is 30.2. The minimum absolute atomic E-state index is 0.0109. The minimum atomic E-state index is -2.08. The van der Waals surface area contributed by atoms with Crippen LogP contribution in [0.5, 0.6) is 28.7 Å². The molecule has 0 unspecified atom stereocenters. The van der Waals surface area contributed by atoms with Gasteiger partial charge in [0.05, 0.1) is 26.9 Å². The Balaban J connectivity index is 1.59. The lowest BCUT2D eigenvalue weighted by Gasteiger charge is -2.42. The summed E-state index contributed by atoms with van der Waals surface area (Å²) in [7, 11) is 6.93. The number of carboxylic acid groups (broad SMARTS) is 1. The lowest BCUT2D eigenvalue weighted by atomic mass is 9.66. The molecule has 0 fully saturated rings. The number of hydrogen-bond acceptors (Lipinski definition) is 11. The predicted molar refractivity (Wildman–Crippen MR) is 167 cm³/mol. The Labute approximate surface area is 272 Å². The predicted octanol–water partition coefficient (Wildman–Crippen LogP) is 2.66. The van der Waals surface area contributed by atoms with Gasteiger partial charge in [0.15, 0.2) is 23.9 Å². The van der Waals surface area contributed by atoms with E-state index in [2.05, 4.69) is 5.32 Å². The van der Waals surface area contributed by atoms with Gasteiger partial charge in [0.2, 0.25) is 17.2 Å². The van der Waals surface area contributed by atoms with Gasteiger partial charge in [-0.05, 0) is 24.1 Å². The first-order valence-corrected chi connectivity index (χ1v) is 14.8. The third-order valence-corrected chi connectivity index (χ3v) is 9.31. The number of carbonyl (C=O) groups is 3. The number of hydrogen-bond donors (Lipinski definition) is 2. The van der Waals surface area contributed by atoms with Gasteiger partial charge in [-0.1, -0.05) is 24.6 Å². The first-order chi connectivity index (χ1) is 22.3. The third kappa shape index (κ3) is 4.42. The molecule has 1 spiro atoms. The van der Waals surface area contributed by atoms with Crippen molar-refractivity contribution in [3.63, 3.8) is 0 Å². The standard InChI is InChI=1S/C32H30ClN3O11/c1-13-9-15-22(27(39)32(13)28(40)23-18(44-5)11-19(45-6)25(33)26(23)47-32)21(24-29(34-15)35(2)31(42)36(3)30(24)41)14-7-8-16(17(10-14)43-4)46-12-20(37)38/h7-8,10-11,13,21,34H,9,12H2,1-6H3,(H,37,38)/t13-,21+,32+/m1/s1. The highest BCUT2D eigenvalue weighted by Crippen LogP contribution is 2.56. The number of anilines is 1. The molecule has 14 nitrogen and oxygen atoms in total. The summed E-state index contributed by atoms with van der Waals surface area (Å²) in [5, 5.41) is 12.3. The lowest BCUT2D eigenvalue weighted by molar-refractivity contribution is -0.139. The van der Waals surface area contributed by atoms with Gasteiger partial charge in [-0.15, -0.1) is 0 Å². The largest absolute Gasteiger partial charge is 0.496 e. The van der Waals surface area contributed by atoms with Crippen LogP contribution in [0.25, 0.3) is 0 Å². The topological polar surface area (TPSA) is 174 Å². The van der Waals surface area contributed by atoms with Crippen LogP contribution in [-0.2, 0) is 23.7 Å². The summed E-state index contributed by atoms with van der Waals surface area (Å²) in [5.41, 5.74) is -2.47. The Bertz CT molecular complexity index is 2060. The zero-order valence-electron chi connectivity index (χ0n) is 26.2. The quantitative estimate of drug-likeness (QED) is 0.353. The van der Waals surface area contributed by atoms with Gasteiger partial charge in [-0.2, -0.15) is 0 Å². The number of methoxy groups -OCH3 is 3. The molecule has 47 heavy (non-hydrogen) atoms. The average Bonchev–Trinajstić information content (AvgIpc) is 3.38. The molecule has 1 aromatic heterocycles. The normalized spacial score (nSPS) is 21.0. The Kier molecular flexibility index (Phi) is 7.58. The van der Waals surface area contributed by atoms with Crippen molar-refractivity contribution in [1.82, 2.24) is 9.13 Å². The van der Waals surface area contributed by atoms with E-state index in [0.717, 1.165) is 4.57 Å². The molecule has 0 saturated heterocycles. The van der Waals surface area contributed by atoms with E-state index in [1.165, 1.54) is 58.2 Å². The number of fused-ring (bicyclic) bond motifs is 2. The molecule has 3 atom stereocenters. The molecule has 3 aromatic rings. The molecule has 2 aliphatic heterocycles. The SMILES string of the molecule is COc1cc([C@H]2C3=C(C[C@@H](C)[C@]4(Oc5c(Cl)c(OC)cc(OC)c5C4=O)C3=O)Nc3c2c(=O)n(C)c(=O)n3C)ccc1OCC(=O)O. The van der Waals surface area contributed by atoms with Gasteiger partial charge >= 0.3 is 11.7 Å². The number of ether oxygens (including phenoxy) is 5. The highest BCUT2D eigenvalue weighted by atomic mass is 35.5. The second-order valence-electron chi connectivity index (χ2n) is 11.4. The van der Waals surface area contributed by atoms with Gasteiger partial charge in [0.25, 0.3) is 5.56 Å². The smallest absolute Gasteiger partial charge is 0.341 e. The summed E-state index contributed by atoms with van der Waals surface area (Å²) in [5.74, 6) is -3.81. The molecule has 2 aromatic carbocycles. The van der Waals surface area contributed by atoms with E-state index in [4.69, 9.17) is 40.4 Å². The van der Waals surface area contributed by atoms with Crippen LogP contribution in [0.3, 0.4) is 0 Å². The van der Waals surface area contributed by atoms with Crippen molar-refractivity contribution in [2.24, 2.45) is 20.0 Å². The number of Topliss-reactive ketones (excluding diaryl/α,β-unsaturated/α-hetero) is 2. The summed E-state index contributed by atoms with van der Waals surface area (Å²) in [6.07, 6.45) is 0.105. The number of ketones is 2. The first-order valence-electron chi connectivity index (χ1n) is 14.4. The monoisotopic (exact) mass is 667 g/mol. The lowest BCUT2D eigenvalue weighted by Crippen LogP contribution is -2.58. The number of aliphatic carboxylic acids is 1. The summed E-state index contributed by atoms with van der Waals surface area (Å²) in [4.78, 5) is 67.5. The molecule has 246 valence electrons. The van der Waals surface area contributed by atoms with Crippen LogP contribution >= 0.6 is 11.6 Å². The Morgan fingerprint density at radius 1 is 1.00 bits per heavy atom. The van der Waals surface area contributed by atoms with Gasteiger partial charge in [-0.3, -0.25) is 23.5 Å². The number of allylic oxidation sites excluding steroid dienone is 1. The number of aromatic nitrogens is 2. The molecule has 0 bridgehead atoms. The van der Waals surface area contributed by atoms with Crippen molar-refractivity contribution < 1.29 is 43.2 Å². The maximum atomic E-state index is 15.0. The van der Waals surface area contributed by atoms with Crippen LogP contribution in [-0.4, -0.2) is 65.3 Å². The van der Waals surface area contributed by atoms with Crippen molar-refractivity contribution in [2.45, 2.75) is 24.9 Å². The molecule has 0 saturated carbocycles. The second-order valence-corrected chi connectivity index (χ2v) is 11.8. The van der Waals surface area contributed by atoms with Gasteiger partial charge in [-0.25, -0.2) is 9.59 Å². The van der Waals surface area contributed by atoms with Gasteiger partial charge < -0.3 is 34.1 Å². The van der Waals surface area contributed by atoms with Crippen LogP contribution in [0.4, 0.5) is 5.82 Å². The molecule has 6 rings (SSSR count). The molecule has 15 heteroatoms. The minimum Gasteiger partial charge on any atom is -0.496 e. The van der Waals surface area contributed by atoms with Crippen molar-refractivity contribution in [3.8, 4) is 28.7 Å². The summed E-state index contributed by atoms with van der Waals surface area (Å²) in [6, 6.07) is 5.97. The molecular weight excluding hydrogens is 638 g/mol. The van der Waals surface area contributed by atoms with Crippen molar-refractivity contribution in [2.75, 3.05) is 33.3 Å². The molecule has 2 N–H and O–H groups in total. The van der Waals surface area contributed by atoms with E-state index in [-0.39, 0.29) is 62.7 Å². The van der Waals surface area contributed by atoms with E-state index in [1.54, 1.807) is 13.0 Å². The molecule has 0 radical (unpaired) electrons. The molecule has 1 aliphatic carbocycles. The third-order valence-electron chi connectivity index (χ3n) is 8.95. The number of halogens is 1. The Morgan fingerprint density at radius 2 is 1.68 bits per heavy atom. The number of nitrogens with zero attached hydrogens (tertiary/aromatic N) is 2. The van der Waals surface area contributed by atoms with Crippen LogP contribution in [0, 0.1) is 5.92 Å². The van der Waals surface area contributed by atoms with Crippen LogP contribution in [0.15, 0.2) is 45.1 Å². The van der Waals surface area contributed by atoms with Crippen molar-refractivity contribution >= 4 is 35.0 Å². The molecule has 3 heterocycles. The summed E-state index contributed by atoms with van der Waals surface area (Å²) in [6.45, 7) is 1.05. The van der Waals surface area contributed by atoms with Crippen molar-refractivity contribution in [1.29, 1.82) is 0 Å². The maximum absolute atomic E-state index is 15.0. The van der Waals surface area contributed by atoms with E-state index in [1.807, 2.05) is 0 Å². The Hall–Kier alpha value is -5.24. The van der Waals surface area contributed by atoms with E-state index in [0.29, 0.717) is 11.3 Å². The fraction of sp³-hybridized carbons (Fsp3) is 0.344. The van der Waals surface area contributed by atoms with Crippen LogP contribution < -0.4 is 40.3 Å². The van der Waals surface area contributed by atoms with Crippen molar-refractivity contribution in [3.05, 3.63) is 78.1 Å². The number of carboxylic acids is 1. The zero-order valence-corrected chi connectivity index (χ0v) is 26.9. The zero-order chi connectivity index (χ0) is 34.1. The second kappa shape index (κ2) is 11.2. The number of nitrogens with one attached hydrogen (secondary N) is 1. The van der Waals surface area contributed by atoms with Gasteiger partial charge in [0, 0.05) is 43.3 Å². The molecule has 0 amide bonds. The Morgan fingerprint density at radius 3 is 2.32 bits per heavy atom. The van der Waals surface area contributed by atoms with E-state index in [9.17, 15) is 19.2 Å². The molecular formula is C32H30ClN3O11. The molecule has 3 aliphatic rings. The van der Waals surface area contributed by atoms with E-state index < -0.39 is 52.8 Å². The van der Waals surface area contributed by atoms with Gasteiger partial charge in [0.1, 0.15) is 27.9 Å².